The van der Waals surface area contributed by atoms with Crippen molar-refractivity contribution in [3.63, 3.8) is 0 Å². The Hall–Kier alpha value is -2.25. The third kappa shape index (κ3) is 4.11. The van der Waals surface area contributed by atoms with Crippen molar-refractivity contribution in [1.29, 1.82) is 0 Å². The molecule has 0 aliphatic rings. The van der Waals surface area contributed by atoms with Gasteiger partial charge in [0, 0.05) is 33.3 Å². The minimum Gasteiger partial charge on any atom is -0.373 e. The summed E-state index contributed by atoms with van der Waals surface area (Å²) in [5, 5.41) is 9.71. The summed E-state index contributed by atoms with van der Waals surface area (Å²) in [5.74, 6) is 0.357. The van der Waals surface area contributed by atoms with Gasteiger partial charge in [0.25, 0.3) is 0 Å². The van der Waals surface area contributed by atoms with Crippen molar-refractivity contribution < 1.29 is 13.2 Å². The van der Waals surface area contributed by atoms with E-state index in [0.717, 1.165) is 17.8 Å². The van der Waals surface area contributed by atoms with Gasteiger partial charge in [0.05, 0.1) is 11.3 Å². The molecule has 2 heterocycles. The maximum atomic E-state index is 12.8. The van der Waals surface area contributed by atoms with Crippen LogP contribution in [0.25, 0.3) is 0 Å². The first-order valence-corrected chi connectivity index (χ1v) is 6.38. The van der Waals surface area contributed by atoms with Crippen LogP contribution in [0.2, 0.25) is 0 Å². The van der Waals surface area contributed by atoms with E-state index >= 15 is 0 Å². The highest BCUT2D eigenvalue weighted by atomic mass is 19.4. The van der Waals surface area contributed by atoms with E-state index in [2.05, 4.69) is 20.7 Å². The summed E-state index contributed by atoms with van der Waals surface area (Å²) < 4.78 is 40.0. The highest BCUT2D eigenvalue weighted by Gasteiger charge is 2.31. The molecule has 2 N–H and O–H groups in total. The molecular formula is C13H16F3N5. The van der Waals surface area contributed by atoms with Gasteiger partial charge >= 0.3 is 6.18 Å². The second kappa shape index (κ2) is 6.02. The molecule has 0 saturated heterocycles. The van der Waals surface area contributed by atoms with Gasteiger partial charge in [-0.1, -0.05) is 0 Å². The van der Waals surface area contributed by atoms with Crippen molar-refractivity contribution in [2.75, 3.05) is 24.2 Å². The molecule has 0 unspecified atom stereocenters. The van der Waals surface area contributed by atoms with E-state index in [0.29, 0.717) is 13.0 Å². The molecule has 0 aromatic carbocycles. The van der Waals surface area contributed by atoms with Crippen LogP contribution in [0.1, 0.15) is 11.3 Å². The van der Waals surface area contributed by atoms with Gasteiger partial charge in [0.15, 0.2) is 0 Å². The third-order valence-corrected chi connectivity index (χ3v) is 2.86. The molecule has 0 spiro atoms. The third-order valence-electron chi connectivity index (χ3n) is 2.86. The molecule has 2 aromatic rings. The fourth-order valence-corrected chi connectivity index (χ4v) is 1.83. The zero-order valence-corrected chi connectivity index (χ0v) is 11.7. The van der Waals surface area contributed by atoms with Crippen molar-refractivity contribution in [3.05, 3.63) is 35.7 Å². The van der Waals surface area contributed by atoms with Gasteiger partial charge in [-0.2, -0.15) is 18.3 Å². The summed E-state index contributed by atoms with van der Waals surface area (Å²) in [7, 11) is 3.34. The Balaban J connectivity index is 2.05. The maximum absolute atomic E-state index is 12.8. The van der Waals surface area contributed by atoms with E-state index in [1.165, 1.54) is 7.05 Å². The molecule has 0 radical (unpaired) electrons. The Morgan fingerprint density at radius 3 is 2.52 bits per heavy atom. The number of nitrogens with one attached hydrogen (secondary N) is 2. The average molecular weight is 299 g/mol. The van der Waals surface area contributed by atoms with Gasteiger partial charge in [0.2, 0.25) is 0 Å². The van der Waals surface area contributed by atoms with E-state index in [-0.39, 0.29) is 11.6 Å². The molecule has 0 aliphatic heterocycles. The van der Waals surface area contributed by atoms with Gasteiger partial charge in [0.1, 0.15) is 11.6 Å². The van der Waals surface area contributed by atoms with Crippen LogP contribution >= 0.6 is 0 Å². The quantitative estimate of drug-likeness (QED) is 0.891. The van der Waals surface area contributed by atoms with Gasteiger partial charge < -0.3 is 10.6 Å². The Morgan fingerprint density at radius 1 is 1.24 bits per heavy atom. The van der Waals surface area contributed by atoms with Crippen LogP contribution in [0.3, 0.4) is 0 Å². The van der Waals surface area contributed by atoms with Gasteiger partial charge in [-0.15, -0.1) is 0 Å². The SMILES string of the molecule is CNc1cc(C(F)(F)F)cc(NCCc2ccn(C)n2)n1. The number of aryl methyl sites for hydroxylation is 1. The highest BCUT2D eigenvalue weighted by molar-refractivity contribution is 5.49. The van der Waals surface area contributed by atoms with Crippen LogP contribution in [0.15, 0.2) is 24.4 Å². The number of alkyl halides is 3. The number of hydrogen-bond acceptors (Lipinski definition) is 4. The Kier molecular flexibility index (Phi) is 4.35. The second-order valence-electron chi connectivity index (χ2n) is 4.53. The molecule has 2 rings (SSSR count). The molecule has 21 heavy (non-hydrogen) atoms. The van der Waals surface area contributed by atoms with Crippen molar-refractivity contribution in [1.82, 2.24) is 14.8 Å². The molecule has 0 amide bonds. The molecule has 114 valence electrons. The van der Waals surface area contributed by atoms with E-state index in [9.17, 15) is 13.2 Å². The molecule has 8 heteroatoms. The second-order valence-corrected chi connectivity index (χ2v) is 4.53. The van der Waals surface area contributed by atoms with Gasteiger partial charge in [-0.25, -0.2) is 4.98 Å². The van der Waals surface area contributed by atoms with Crippen LogP contribution < -0.4 is 10.6 Å². The first kappa shape index (κ1) is 15.1. The van der Waals surface area contributed by atoms with Gasteiger partial charge in [-0.3, -0.25) is 4.68 Å². The minimum atomic E-state index is -4.40. The zero-order chi connectivity index (χ0) is 15.5. The van der Waals surface area contributed by atoms with E-state index < -0.39 is 11.7 Å². The lowest BCUT2D eigenvalue weighted by Crippen LogP contribution is -2.11. The number of anilines is 2. The fraction of sp³-hybridized carbons (Fsp3) is 0.385. The fourth-order valence-electron chi connectivity index (χ4n) is 1.83. The number of aromatic nitrogens is 3. The molecule has 2 aromatic heterocycles. The van der Waals surface area contributed by atoms with E-state index in [4.69, 9.17) is 0 Å². The lowest BCUT2D eigenvalue weighted by atomic mass is 10.2. The maximum Gasteiger partial charge on any atom is 0.416 e. The lowest BCUT2D eigenvalue weighted by Gasteiger charge is -2.12. The monoisotopic (exact) mass is 299 g/mol. The number of nitrogens with zero attached hydrogens (tertiary/aromatic N) is 3. The Labute approximate surface area is 120 Å². The molecule has 0 atom stereocenters. The lowest BCUT2D eigenvalue weighted by molar-refractivity contribution is -0.137. The summed E-state index contributed by atoms with van der Waals surface area (Å²) >= 11 is 0. The predicted molar refractivity (Wildman–Crippen MR) is 74.2 cm³/mol. The first-order valence-electron chi connectivity index (χ1n) is 6.38. The summed E-state index contributed by atoms with van der Waals surface area (Å²) in [5.41, 5.74) is 0.132. The normalized spacial score (nSPS) is 11.5. The largest absolute Gasteiger partial charge is 0.416 e. The van der Waals surface area contributed by atoms with Crippen molar-refractivity contribution in [2.24, 2.45) is 7.05 Å². The van der Waals surface area contributed by atoms with Crippen LogP contribution in [0.5, 0.6) is 0 Å². The van der Waals surface area contributed by atoms with E-state index in [1.54, 1.807) is 4.68 Å². The smallest absolute Gasteiger partial charge is 0.373 e. The molecular weight excluding hydrogens is 283 g/mol. The number of hydrogen-bond donors (Lipinski definition) is 2. The predicted octanol–water partition coefficient (Wildman–Crippen LogP) is 2.53. The van der Waals surface area contributed by atoms with Crippen molar-refractivity contribution >= 4 is 11.6 Å². The van der Waals surface area contributed by atoms with Crippen molar-refractivity contribution in [2.45, 2.75) is 12.6 Å². The molecule has 0 saturated carbocycles. The average Bonchev–Trinajstić information content (AvgIpc) is 2.83. The molecule has 0 aliphatic carbocycles. The van der Waals surface area contributed by atoms with E-state index in [1.807, 2.05) is 19.3 Å². The summed E-state index contributed by atoms with van der Waals surface area (Å²) in [6.07, 6.45) is -1.98. The van der Waals surface area contributed by atoms with Gasteiger partial charge in [-0.05, 0) is 18.2 Å². The molecule has 5 nitrogen and oxygen atoms in total. The Bertz CT molecular complexity index is 606. The number of halogens is 3. The van der Waals surface area contributed by atoms with Crippen LogP contribution in [-0.2, 0) is 19.6 Å². The first-order chi connectivity index (χ1) is 9.88. The Morgan fingerprint density at radius 2 is 1.95 bits per heavy atom. The zero-order valence-electron chi connectivity index (χ0n) is 11.7. The van der Waals surface area contributed by atoms with Crippen LogP contribution in [-0.4, -0.2) is 28.4 Å². The minimum absolute atomic E-state index is 0.171. The van der Waals surface area contributed by atoms with Crippen molar-refractivity contribution in [3.8, 4) is 0 Å². The highest BCUT2D eigenvalue weighted by Crippen LogP contribution is 2.31. The molecule has 0 fully saturated rings. The van der Waals surface area contributed by atoms with Crippen LogP contribution in [0.4, 0.5) is 24.8 Å². The summed E-state index contributed by atoms with van der Waals surface area (Å²) in [4.78, 5) is 4.05. The van der Waals surface area contributed by atoms with Crippen LogP contribution in [0, 0.1) is 0 Å². The summed E-state index contributed by atoms with van der Waals surface area (Å²) in [6.45, 7) is 0.453. The molecule has 0 bridgehead atoms. The number of rotatable bonds is 5. The summed E-state index contributed by atoms with van der Waals surface area (Å²) in [6, 6.07) is 3.84. The number of pyridine rings is 1. The topological polar surface area (TPSA) is 54.8 Å². The standard InChI is InChI=1S/C13H16F3N5/c1-17-11-7-9(13(14,15)16)8-12(19-11)18-5-3-10-4-6-21(2)20-10/h4,6-8H,3,5H2,1-2H3,(H2,17,18,19).